The van der Waals surface area contributed by atoms with E-state index in [1.54, 1.807) is 20.8 Å². The number of sulfonamides is 1. The Kier molecular flexibility index (Phi) is 7.04. The molecule has 1 unspecified atom stereocenters. The Morgan fingerprint density at radius 1 is 0.862 bits per heavy atom. The molecule has 158 valence electrons. The number of carbonyl (C=O) groups excluding carboxylic acids is 1. The Balaban J connectivity index is 2.00. The molecule has 2 aromatic rings. The van der Waals surface area contributed by atoms with Crippen molar-refractivity contribution < 1.29 is 26.4 Å². The zero-order valence-corrected chi connectivity index (χ0v) is 18.2. The van der Waals surface area contributed by atoms with Crippen LogP contribution in [-0.4, -0.2) is 41.1 Å². The summed E-state index contributed by atoms with van der Waals surface area (Å²) in [6.45, 7) is 5.00. The van der Waals surface area contributed by atoms with Crippen molar-refractivity contribution in [3.05, 3.63) is 48.5 Å². The molecule has 2 rings (SSSR count). The maximum Gasteiger partial charge on any atom is 0.265 e. The Morgan fingerprint density at radius 2 is 1.38 bits per heavy atom. The predicted molar refractivity (Wildman–Crippen MR) is 110 cm³/mol. The van der Waals surface area contributed by atoms with Gasteiger partial charge in [0.25, 0.3) is 5.91 Å². The summed E-state index contributed by atoms with van der Waals surface area (Å²) in [5.41, 5.74) is 0.418. The van der Waals surface area contributed by atoms with Crippen molar-refractivity contribution in [1.82, 2.24) is 4.72 Å². The second-order valence-electron chi connectivity index (χ2n) is 6.79. The summed E-state index contributed by atoms with van der Waals surface area (Å²) in [5.74, 6) is -0.0886. The minimum atomic E-state index is -3.61. The van der Waals surface area contributed by atoms with Gasteiger partial charge in [-0.15, -0.1) is 0 Å². The molecule has 10 heteroatoms. The van der Waals surface area contributed by atoms with E-state index in [-0.39, 0.29) is 15.8 Å². The molecular weight excluding hydrogens is 416 g/mol. The monoisotopic (exact) mass is 440 g/mol. The summed E-state index contributed by atoms with van der Waals surface area (Å²) in [7, 11) is -6.91. The lowest BCUT2D eigenvalue weighted by molar-refractivity contribution is -0.122. The van der Waals surface area contributed by atoms with Gasteiger partial charge in [-0.1, -0.05) is 0 Å². The van der Waals surface area contributed by atoms with Crippen LogP contribution in [0.4, 0.5) is 5.69 Å². The Morgan fingerprint density at radius 3 is 1.86 bits per heavy atom. The minimum Gasteiger partial charge on any atom is -0.481 e. The lowest BCUT2D eigenvalue weighted by atomic mass is 10.3. The van der Waals surface area contributed by atoms with E-state index in [1.807, 2.05) is 0 Å². The van der Waals surface area contributed by atoms with Gasteiger partial charge in [0.05, 0.1) is 9.79 Å². The van der Waals surface area contributed by atoms with Crippen LogP contribution in [0.15, 0.2) is 58.3 Å². The molecule has 2 N–H and O–H groups in total. The number of anilines is 1. The van der Waals surface area contributed by atoms with Gasteiger partial charge in [-0.25, -0.2) is 21.6 Å². The average Bonchev–Trinajstić information content (AvgIpc) is 2.60. The van der Waals surface area contributed by atoms with Crippen LogP contribution in [0.5, 0.6) is 5.75 Å². The smallest absolute Gasteiger partial charge is 0.265 e. The Hall–Kier alpha value is -2.43. The number of hydrogen-bond acceptors (Lipinski definition) is 6. The minimum absolute atomic E-state index is 0.0967. The number of carbonyl (C=O) groups is 1. The lowest BCUT2D eigenvalue weighted by Gasteiger charge is -2.15. The normalized spacial score (nSPS) is 13.1. The van der Waals surface area contributed by atoms with E-state index in [0.29, 0.717) is 11.4 Å². The van der Waals surface area contributed by atoms with Crippen molar-refractivity contribution in [3.63, 3.8) is 0 Å². The summed E-state index contributed by atoms with van der Waals surface area (Å²) in [6.07, 6.45) is 0.249. The SMILES string of the molecule is CC(C)NS(=O)(=O)c1ccc(NC(=O)C(C)Oc2ccc(S(C)(=O)=O)cc2)cc1. The van der Waals surface area contributed by atoms with E-state index >= 15 is 0 Å². The van der Waals surface area contributed by atoms with Gasteiger partial charge in [0.1, 0.15) is 5.75 Å². The number of rotatable bonds is 8. The fourth-order valence-electron chi connectivity index (χ4n) is 2.36. The molecule has 1 atom stereocenters. The highest BCUT2D eigenvalue weighted by Crippen LogP contribution is 2.18. The predicted octanol–water partition coefficient (Wildman–Crippen LogP) is 2.18. The van der Waals surface area contributed by atoms with E-state index in [0.717, 1.165) is 6.26 Å². The topological polar surface area (TPSA) is 119 Å². The van der Waals surface area contributed by atoms with Crippen molar-refractivity contribution in [1.29, 1.82) is 0 Å². The number of hydrogen-bond donors (Lipinski definition) is 2. The van der Waals surface area contributed by atoms with E-state index in [4.69, 9.17) is 4.74 Å². The maximum absolute atomic E-state index is 12.3. The zero-order chi connectivity index (χ0) is 21.8. The summed E-state index contributed by atoms with van der Waals surface area (Å²) < 4.78 is 55.2. The van der Waals surface area contributed by atoms with Crippen LogP contribution >= 0.6 is 0 Å². The maximum atomic E-state index is 12.3. The molecule has 2 aromatic carbocycles. The van der Waals surface area contributed by atoms with Crippen molar-refractivity contribution in [2.45, 2.75) is 42.7 Å². The van der Waals surface area contributed by atoms with Crippen LogP contribution in [-0.2, 0) is 24.7 Å². The molecular formula is C19H24N2O6S2. The molecule has 0 radical (unpaired) electrons. The van der Waals surface area contributed by atoms with Crippen LogP contribution < -0.4 is 14.8 Å². The Labute approximate surface area is 171 Å². The summed E-state index contributed by atoms with van der Waals surface area (Å²) in [5, 5.41) is 2.64. The highest BCUT2D eigenvalue weighted by Gasteiger charge is 2.18. The largest absolute Gasteiger partial charge is 0.481 e. The quantitative estimate of drug-likeness (QED) is 0.649. The molecule has 0 saturated heterocycles. The highest BCUT2D eigenvalue weighted by atomic mass is 32.2. The molecule has 0 aliphatic heterocycles. The first kappa shape index (κ1) is 22.9. The average molecular weight is 441 g/mol. The third-order valence-electron chi connectivity index (χ3n) is 3.76. The lowest BCUT2D eigenvalue weighted by Crippen LogP contribution is -2.31. The van der Waals surface area contributed by atoms with Gasteiger partial charge in [-0.3, -0.25) is 4.79 Å². The van der Waals surface area contributed by atoms with Crippen LogP contribution in [0.1, 0.15) is 20.8 Å². The molecule has 0 saturated carbocycles. The number of nitrogens with one attached hydrogen (secondary N) is 2. The molecule has 0 bridgehead atoms. The second-order valence-corrected chi connectivity index (χ2v) is 10.5. The molecule has 0 aliphatic rings. The van der Waals surface area contributed by atoms with Crippen molar-refractivity contribution in [3.8, 4) is 5.75 Å². The fourth-order valence-corrected chi connectivity index (χ4v) is 4.24. The molecule has 8 nitrogen and oxygen atoms in total. The van der Waals surface area contributed by atoms with E-state index in [9.17, 15) is 21.6 Å². The summed E-state index contributed by atoms with van der Waals surface area (Å²) in [4.78, 5) is 12.6. The Bertz CT molecular complexity index is 1060. The van der Waals surface area contributed by atoms with Gasteiger partial charge in [-0.2, -0.15) is 0 Å². The summed E-state index contributed by atoms with van der Waals surface area (Å²) >= 11 is 0. The third kappa shape index (κ3) is 6.55. The first-order valence-electron chi connectivity index (χ1n) is 8.78. The van der Waals surface area contributed by atoms with Gasteiger partial charge in [0.2, 0.25) is 10.0 Å². The molecule has 0 spiro atoms. The zero-order valence-electron chi connectivity index (χ0n) is 16.5. The first-order valence-corrected chi connectivity index (χ1v) is 12.2. The van der Waals surface area contributed by atoms with E-state index in [2.05, 4.69) is 10.0 Å². The molecule has 0 aliphatic carbocycles. The van der Waals surface area contributed by atoms with Gasteiger partial charge in [0.15, 0.2) is 15.9 Å². The highest BCUT2D eigenvalue weighted by molar-refractivity contribution is 7.90. The first-order chi connectivity index (χ1) is 13.4. The molecule has 0 fully saturated rings. The van der Waals surface area contributed by atoms with Gasteiger partial charge in [-0.05, 0) is 69.3 Å². The standard InChI is InChI=1S/C19H24N2O6S2/c1-13(2)21-29(25,26)18-9-5-15(6-10-18)20-19(22)14(3)27-16-7-11-17(12-8-16)28(4,23)24/h5-14,21H,1-4H3,(H,20,22). The second kappa shape index (κ2) is 8.93. The van der Waals surface area contributed by atoms with Crippen LogP contribution in [0.2, 0.25) is 0 Å². The number of ether oxygens (including phenoxy) is 1. The van der Waals surface area contributed by atoms with Gasteiger partial charge >= 0.3 is 0 Å². The van der Waals surface area contributed by atoms with Crippen LogP contribution in [0.3, 0.4) is 0 Å². The van der Waals surface area contributed by atoms with Gasteiger partial charge < -0.3 is 10.1 Å². The number of amides is 1. The van der Waals surface area contributed by atoms with E-state index < -0.39 is 31.9 Å². The molecule has 0 heterocycles. The molecule has 0 aromatic heterocycles. The third-order valence-corrected chi connectivity index (χ3v) is 6.56. The van der Waals surface area contributed by atoms with Crippen LogP contribution in [0.25, 0.3) is 0 Å². The van der Waals surface area contributed by atoms with Crippen LogP contribution in [0, 0.1) is 0 Å². The van der Waals surface area contributed by atoms with Gasteiger partial charge in [0, 0.05) is 18.0 Å². The molecule has 1 amide bonds. The summed E-state index contributed by atoms with van der Waals surface area (Å²) in [6, 6.07) is 11.3. The van der Waals surface area contributed by atoms with Crippen molar-refractivity contribution >= 4 is 31.5 Å². The van der Waals surface area contributed by atoms with E-state index in [1.165, 1.54) is 48.5 Å². The van der Waals surface area contributed by atoms with Crippen molar-refractivity contribution in [2.75, 3.05) is 11.6 Å². The fraction of sp³-hybridized carbons (Fsp3) is 0.316. The number of benzene rings is 2. The number of sulfone groups is 1. The molecule has 29 heavy (non-hydrogen) atoms. The van der Waals surface area contributed by atoms with Crippen molar-refractivity contribution in [2.24, 2.45) is 0 Å².